The van der Waals surface area contributed by atoms with Gasteiger partial charge in [0.25, 0.3) is 0 Å². The largest absolute Gasteiger partial charge is 0.368 e. The Hall–Kier alpha value is -6.05. The van der Waals surface area contributed by atoms with Crippen molar-refractivity contribution in [1.29, 1.82) is 0 Å². The van der Waals surface area contributed by atoms with Crippen LogP contribution >= 0.6 is 0 Å². The number of nitrogens with one attached hydrogen (secondary N) is 5. The van der Waals surface area contributed by atoms with E-state index in [1.807, 2.05) is 97.1 Å². The first-order chi connectivity index (χ1) is 28.1. The predicted molar refractivity (Wildman–Crippen MR) is 227 cm³/mol. The van der Waals surface area contributed by atoms with Gasteiger partial charge in [-0.15, -0.1) is 0 Å². The summed E-state index contributed by atoms with van der Waals surface area (Å²) < 4.78 is 0. The van der Waals surface area contributed by atoms with E-state index in [2.05, 4.69) is 26.3 Å². The Bertz CT molecular complexity index is 2140. The fourth-order valence-corrected chi connectivity index (χ4v) is 7.07. The van der Waals surface area contributed by atoms with Gasteiger partial charge in [0.1, 0.15) is 24.2 Å². The van der Waals surface area contributed by atoms with Crippen LogP contribution in [0.4, 0.5) is 0 Å². The van der Waals surface area contributed by atoms with Crippen LogP contribution in [0.15, 0.2) is 103 Å². The van der Waals surface area contributed by atoms with Crippen LogP contribution < -0.4 is 38.5 Å². The van der Waals surface area contributed by atoms with E-state index in [0.717, 1.165) is 51.2 Å². The molecule has 0 saturated carbocycles. The monoisotopic (exact) mass is 788 g/mol. The van der Waals surface area contributed by atoms with Gasteiger partial charge in [0.05, 0.1) is 0 Å². The van der Waals surface area contributed by atoms with Gasteiger partial charge >= 0.3 is 0 Å². The Morgan fingerprint density at radius 1 is 0.552 bits per heavy atom. The van der Waals surface area contributed by atoms with Gasteiger partial charge in [0, 0.05) is 42.8 Å². The van der Waals surface area contributed by atoms with Gasteiger partial charge in [0.2, 0.25) is 29.5 Å². The number of benzene rings is 4. The first kappa shape index (κ1) is 43.1. The number of carbonyl (C=O) groups is 5. The molecule has 5 rings (SSSR count). The molecule has 13 heteroatoms. The van der Waals surface area contributed by atoms with Crippen molar-refractivity contribution in [1.82, 2.24) is 26.3 Å². The Morgan fingerprint density at radius 2 is 1.14 bits per heavy atom. The minimum atomic E-state index is -1.17. The smallest absolute Gasteiger partial charge is 0.243 e. The van der Waals surface area contributed by atoms with Crippen molar-refractivity contribution in [3.63, 3.8) is 0 Å². The summed E-state index contributed by atoms with van der Waals surface area (Å²) in [5.74, 6) is -2.75. The molecule has 0 radical (unpaired) electrons. The normalized spacial score (nSPS) is 13.3. The molecule has 0 saturated heterocycles. The molecule has 4 aromatic carbocycles. The first-order valence-corrected chi connectivity index (χ1v) is 20.1. The van der Waals surface area contributed by atoms with Gasteiger partial charge < -0.3 is 43.5 Å². The molecule has 13 nitrogen and oxygen atoms in total. The van der Waals surface area contributed by atoms with Crippen molar-refractivity contribution in [3.05, 3.63) is 120 Å². The van der Waals surface area contributed by atoms with E-state index >= 15 is 0 Å². The lowest BCUT2D eigenvalue weighted by atomic mass is 9.99. The molecule has 11 N–H and O–H groups in total. The molecule has 0 unspecified atom stereocenters. The lowest BCUT2D eigenvalue weighted by Crippen LogP contribution is -2.59. The van der Waals surface area contributed by atoms with Crippen LogP contribution in [0.25, 0.3) is 21.7 Å². The minimum absolute atomic E-state index is 0.0694. The number of aromatic amines is 1. The third-order valence-electron chi connectivity index (χ3n) is 10.3. The summed E-state index contributed by atoms with van der Waals surface area (Å²) in [4.78, 5) is 71.7. The Labute approximate surface area is 339 Å². The van der Waals surface area contributed by atoms with Gasteiger partial charge in [-0.1, -0.05) is 97.4 Å². The van der Waals surface area contributed by atoms with E-state index in [9.17, 15) is 24.0 Å². The van der Waals surface area contributed by atoms with Gasteiger partial charge in [0.15, 0.2) is 0 Å². The zero-order valence-corrected chi connectivity index (χ0v) is 32.9. The zero-order chi connectivity index (χ0) is 41.3. The maximum Gasteiger partial charge on any atom is 0.243 e. The Morgan fingerprint density at radius 3 is 1.84 bits per heavy atom. The summed E-state index contributed by atoms with van der Waals surface area (Å²) in [6.45, 7) is 0.958. The molecule has 58 heavy (non-hydrogen) atoms. The van der Waals surface area contributed by atoms with Crippen LogP contribution in [0.3, 0.4) is 0 Å². The minimum Gasteiger partial charge on any atom is -0.368 e. The third-order valence-corrected chi connectivity index (χ3v) is 10.3. The number of rotatable bonds is 23. The summed E-state index contributed by atoms with van der Waals surface area (Å²) in [5.41, 5.74) is 20.2. The lowest BCUT2D eigenvalue weighted by Gasteiger charge is -2.26. The lowest BCUT2D eigenvalue weighted by molar-refractivity contribution is -0.134. The van der Waals surface area contributed by atoms with E-state index in [1.54, 1.807) is 6.20 Å². The van der Waals surface area contributed by atoms with Crippen LogP contribution in [-0.2, 0) is 43.2 Å². The maximum absolute atomic E-state index is 14.5. The highest BCUT2D eigenvalue weighted by molar-refractivity contribution is 5.96. The number of H-pyrrole nitrogens is 1. The van der Waals surface area contributed by atoms with Crippen molar-refractivity contribution >= 4 is 51.2 Å². The van der Waals surface area contributed by atoms with E-state index in [-0.39, 0.29) is 31.6 Å². The first-order valence-electron chi connectivity index (χ1n) is 20.1. The van der Waals surface area contributed by atoms with Crippen molar-refractivity contribution in [3.8, 4) is 0 Å². The molecule has 306 valence electrons. The summed E-state index contributed by atoms with van der Waals surface area (Å²) in [5, 5.41) is 14.4. The van der Waals surface area contributed by atoms with Gasteiger partial charge in [-0.05, 0) is 78.7 Å². The highest BCUT2D eigenvalue weighted by Gasteiger charge is 2.32. The van der Waals surface area contributed by atoms with Crippen LogP contribution in [0, 0.1) is 0 Å². The number of primary amides is 1. The molecular formula is C45H56N8O5. The standard InChI is InChI=1S/C45H56N8O5/c46-23-11-2-5-20-41(54)50-38(27-31-21-22-32-15-6-7-16-33(32)25-31)43(56)53-40(28-34-29-49-36-18-9-8-17-35(34)36)45(58)52-39(26-30-13-3-1-4-14-30)44(57)51-37(42(48)55)19-10-12-24-47/h1,3-4,6-9,13-18,21-22,25,29,37-40,49H,2,5,10-12,19-20,23-24,26-28,46-47H2,(H2,48,55)(H,50,54)(H,51,57)(H,52,58)(H,53,56)/t37-,38+,39-,40+/m0/s1. The summed E-state index contributed by atoms with van der Waals surface area (Å²) >= 11 is 0. The Kier molecular flexibility index (Phi) is 16.4. The molecule has 0 fully saturated rings. The van der Waals surface area contributed by atoms with Crippen molar-refractivity contribution in [2.75, 3.05) is 13.1 Å². The Balaban J connectivity index is 1.44. The number of hydrogen-bond donors (Lipinski definition) is 8. The quantitative estimate of drug-likeness (QED) is 0.0460. The van der Waals surface area contributed by atoms with E-state index < -0.39 is 47.8 Å². The molecule has 1 heterocycles. The van der Waals surface area contributed by atoms with E-state index in [1.165, 1.54) is 0 Å². The fraction of sp³-hybridized carbons (Fsp3) is 0.356. The number of fused-ring (bicyclic) bond motifs is 2. The number of unbranched alkanes of at least 4 members (excludes halogenated alkanes) is 3. The maximum atomic E-state index is 14.5. The average Bonchev–Trinajstić information content (AvgIpc) is 3.64. The molecule has 0 aliphatic carbocycles. The van der Waals surface area contributed by atoms with Crippen molar-refractivity contribution < 1.29 is 24.0 Å². The highest BCUT2D eigenvalue weighted by Crippen LogP contribution is 2.21. The van der Waals surface area contributed by atoms with E-state index in [4.69, 9.17) is 17.2 Å². The second-order valence-corrected chi connectivity index (χ2v) is 14.7. The number of para-hydroxylation sites is 1. The fourth-order valence-electron chi connectivity index (χ4n) is 7.07. The molecule has 0 aliphatic rings. The molecule has 0 aliphatic heterocycles. The van der Waals surface area contributed by atoms with E-state index in [0.29, 0.717) is 38.8 Å². The molecule has 1 aromatic heterocycles. The molecule has 0 bridgehead atoms. The molecule has 4 atom stereocenters. The van der Waals surface area contributed by atoms with Crippen LogP contribution in [0.5, 0.6) is 0 Å². The number of hydrogen-bond acceptors (Lipinski definition) is 7. The van der Waals surface area contributed by atoms with Crippen LogP contribution in [0.1, 0.15) is 61.6 Å². The topological polar surface area (TPSA) is 227 Å². The molecule has 5 amide bonds. The molecule has 0 spiro atoms. The van der Waals surface area contributed by atoms with Crippen molar-refractivity contribution in [2.45, 2.75) is 88.4 Å². The SMILES string of the molecule is NCCCCCC(=O)N[C@H](Cc1ccc2ccccc2c1)C(=O)N[C@H](Cc1c[nH]c2ccccc12)C(=O)N[C@@H](Cc1ccccc1)C(=O)N[C@@H](CCCCN)C(N)=O. The van der Waals surface area contributed by atoms with Gasteiger partial charge in [-0.25, -0.2) is 0 Å². The molecule has 5 aromatic rings. The third kappa shape index (κ3) is 12.7. The second kappa shape index (κ2) is 22.0. The highest BCUT2D eigenvalue weighted by atomic mass is 16.2. The average molecular weight is 789 g/mol. The molecular weight excluding hydrogens is 733 g/mol. The van der Waals surface area contributed by atoms with Crippen molar-refractivity contribution in [2.24, 2.45) is 17.2 Å². The van der Waals surface area contributed by atoms with Crippen LogP contribution in [-0.4, -0.2) is 71.8 Å². The summed E-state index contributed by atoms with van der Waals surface area (Å²) in [7, 11) is 0. The zero-order valence-electron chi connectivity index (χ0n) is 32.9. The number of carbonyl (C=O) groups excluding carboxylic acids is 5. The number of nitrogens with two attached hydrogens (primary N) is 3. The second-order valence-electron chi connectivity index (χ2n) is 14.7. The van der Waals surface area contributed by atoms with Gasteiger partial charge in [-0.2, -0.15) is 0 Å². The predicted octanol–water partition coefficient (Wildman–Crippen LogP) is 3.42. The number of aromatic nitrogens is 1. The number of amides is 5. The summed E-state index contributed by atoms with van der Waals surface area (Å²) in [6, 6.07) is 26.3. The van der Waals surface area contributed by atoms with Crippen LogP contribution in [0.2, 0.25) is 0 Å². The van der Waals surface area contributed by atoms with Gasteiger partial charge in [-0.3, -0.25) is 24.0 Å². The summed E-state index contributed by atoms with van der Waals surface area (Å²) in [6.07, 6.45) is 6.06.